The first-order chi connectivity index (χ1) is 38.5. The van der Waals surface area contributed by atoms with Gasteiger partial charge in [0.15, 0.2) is 6.10 Å². The molecule has 0 amide bonds. The average Bonchev–Trinajstić information content (AvgIpc) is 3.41. The molecule has 0 aromatic rings. The molecule has 0 aliphatic carbocycles. The van der Waals surface area contributed by atoms with Crippen molar-refractivity contribution in [2.45, 2.75) is 335 Å². The molecule has 9 nitrogen and oxygen atoms in total. The van der Waals surface area contributed by atoms with Gasteiger partial charge in [0.2, 0.25) is 0 Å². The number of unbranched alkanes of at least 4 members (excludes halogenated alkanes) is 41. The van der Waals surface area contributed by atoms with E-state index in [1.54, 1.807) is 0 Å². The van der Waals surface area contributed by atoms with E-state index < -0.39 is 26.5 Å². The summed E-state index contributed by atoms with van der Waals surface area (Å²) in [6, 6.07) is 0. The normalized spacial score (nSPS) is 13.4. The van der Waals surface area contributed by atoms with E-state index in [1.165, 1.54) is 238 Å². The molecule has 0 aliphatic heterocycles. The van der Waals surface area contributed by atoms with Gasteiger partial charge in [-0.1, -0.05) is 313 Å². The van der Waals surface area contributed by atoms with Crippen molar-refractivity contribution in [2.24, 2.45) is 0 Å². The molecule has 0 radical (unpaired) electrons. The Morgan fingerprint density at radius 1 is 0.405 bits per heavy atom. The highest BCUT2D eigenvalue weighted by Crippen LogP contribution is 2.43. The van der Waals surface area contributed by atoms with Crippen LogP contribution in [-0.4, -0.2) is 74.9 Å². The lowest BCUT2D eigenvalue weighted by molar-refractivity contribution is -0.870. The molecule has 0 fully saturated rings. The second-order valence-electron chi connectivity index (χ2n) is 24.2. The maximum Gasteiger partial charge on any atom is 0.472 e. The van der Waals surface area contributed by atoms with Gasteiger partial charge in [0, 0.05) is 12.8 Å². The number of quaternary nitrogens is 1. The maximum atomic E-state index is 12.8. The van der Waals surface area contributed by atoms with Crippen molar-refractivity contribution in [3.63, 3.8) is 0 Å². The van der Waals surface area contributed by atoms with Crippen LogP contribution in [0.15, 0.2) is 48.6 Å². The zero-order chi connectivity index (χ0) is 57.7. The number of allylic oxidation sites excluding steroid dienone is 8. The molecular formula is C69H131NO8P+. The summed E-state index contributed by atoms with van der Waals surface area (Å²) >= 11 is 0. The van der Waals surface area contributed by atoms with E-state index >= 15 is 0 Å². The fraction of sp³-hybridized carbons (Fsp3) is 0.855. The molecule has 0 spiro atoms. The molecule has 0 aromatic heterocycles. The molecule has 0 saturated carbocycles. The minimum atomic E-state index is -4.40. The Morgan fingerprint density at radius 3 is 1.08 bits per heavy atom. The van der Waals surface area contributed by atoms with Gasteiger partial charge in [0.05, 0.1) is 27.7 Å². The quantitative estimate of drug-likeness (QED) is 0.0211. The first kappa shape index (κ1) is 77.0. The third kappa shape index (κ3) is 65.0. The summed E-state index contributed by atoms with van der Waals surface area (Å²) in [4.78, 5) is 35.7. The molecular weight excluding hydrogens is 1000 g/mol. The van der Waals surface area contributed by atoms with Crippen LogP contribution in [0, 0.1) is 0 Å². The molecule has 1 N–H and O–H groups in total. The number of esters is 2. The number of nitrogens with zero attached hydrogens (tertiary/aromatic N) is 1. The van der Waals surface area contributed by atoms with Gasteiger partial charge in [-0.3, -0.25) is 18.6 Å². The fourth-order valence-corrected chi connectivity index (χ4v) is 10.7. The highest BCUT2D eigenvalue weighted by Gasteiger charge is 2.27. The van der Waals surface area contributed by atoms with E-state index in [4.69, 9.17) is 18.5 Å². The van der Waals surface area contributed by atoms with Crippen LogP contribution < -0.4 is 0 Å². The number of carbonyl (C=O) groups is 2. The van der Waals surface area contributed by atoms with Gasteiger partial charge in [-0.2, -0.15) is 0 Å². The SMILES string of the molecule is CC/C=C\C/C=C\C/C=C\C/C=C\CCCCC(=O)OC(COC(=O)CCCCCCCCCCCCCCCCCCCCCCCCCCCCCCCCCCCCCCCCCC)COP(=O)(O)OCC[N+](C)(C)C. The van der Waals surface area contributed by atoms with E-state index in [9.17, 15) is 19.0 Å². The third-order valence-corrected chi connectivity index (χ3v) is 16.1. The summed E-state index contributed by atoms with van der Waals surface area (Å²) in [5.41, 5.74) is 0. The standard InChI is InChI=1S/C69H130NO8P/c1-6-8-10-12-14-16-18-20-22-23-24-25-26-27-28-29-30-31-32-33-34-35-36-37-38-39-40-41-42-43-44-45-46-48-49-51-53-55-57-59-61-68(71)75-65-67(66-77-79(73,74)76-64-63-70(3,4)5)78-69(72)62-60-58-56-54-52-50-47-21-19-17-15-13-11-9-7-2/h9,11,15,17,21,47,52,54,67H,6-8,10,12-14,16,18-20,22-46,48-51,53,55-66H2,1-5H3/p+1/b11-9-,17-15-,47-21-,54-52-. The van der Waals surface area contributed by atoms with E-state index in [-0.39, 0.29) is 32.0 Å². The first-order valence-corrected chi connectivity index (χ1v) is 35.4. The largest absolute Gasteiger partial charge is 0.472 e. The zero-order valence-electron chi connectivity index (χ0n) is 52.9. The maximum absolute atomic E-state index is 12.8. The van der Waals surface area contributed by atoms with E-state index in [2.05, 4.69) is 62.5 Å². The van der Waals surface area contributed by atoms with Gasteiger partial charge in [0.1, 0.15) is 19.8 Å². The van der Waals surface area contributed by atoms with Gasteiger partial charge in [0.25, 0.3) is 0 Å². The smallest absolute Gasteiger partial charge is 0.462 e. The van der Waals surface area contributed by atoms with Crippen LogP contribution in [-0.2, 0) is 32.7 Å². The topological polar surface area (TPSA) is 108 Å². The Hall–Kier alpha value is -2.03. The average molecular weight is 1130 g/mol. The summed E-state index contributed by atoms with van der Waals surface area (Å²) in [5, 5.41) is 0. The van der Waals surface area contributed by atoms with Crippen molar-refractivity contribution in [3.05, 3.63) is 48.6 Å². The number of phosphoric acid groups is 1. The Bertz CT molecular complexity index is 1470. The second-order valence-corrected chi connectivity index (χ2v) is 25.6. The van der Waals surface area contributed by atoms with Crippen molar-refractivity contribution in [3.8, 4) is 0 Å². The molecule has 0 saturated heterocycles. The highest BCUT2D eigenvalue weighted by atomic mass is 31.2. The number of ether oxygens (including phenoxy) is 2. The number of rotatable bonds is 63. The zero-order valence-corrected chi connectivity index (χ0v) is 53.8. The molecule has 10 heteroatoms. The van der Waals surface area contributed by atoms with Crippen LogP contribution in [0.25, 0.3) is 0 Å². The van der Waals surface area contributed by atoms with Gasteiger partial charge >= 0.3 is 19.8 Å². The molecule has 0 bridgehead atoms. The predicted octanol–water partition coefficient (Wildman–Crippen LogP) is 21.7. The molecule has 2 unspecified atom stereocenters. The molecule has 0 heterocycles. The minimum absolute atomic E-state index is 0.0236. The Kier molecular flexibility index (Phi) is 59.0. The van der Waals surface area contributed by atoms with Crippen molar-refractivity contribution in [1.82, 2.24) is 0 Å². The van der Waals surface area contributed by atoms with Crippen LogP contribution >= 0.6 is 7.82 Å². The van der Waals surface area contributed by atoms with Crippen molar-refractivity contribution in [1.29, 1.82) is 0 Å². The molecule has 79 heavy (non-hydrogen) atoms. The number of phosphoric ester groups is 1. The Balaban J connectivity index is 3.84. The second kappa shape index (κ2) is 60.6. The van der Waals surface area contributed by atoms with Crippen LogP contribution in [0.2, 0.25) is 0 Å². The lowest BCUT2D eigenvalue weighted by atomic mass is 10.0. The number of hydrogen-bond donors (Lipinski definition) is 1. The summed E-state index contributed by atoms with van der Waals surface area (Å²) in [6.45, 7) is 4.31. The van der Waals surface area contributed by atoms with Crippen LogP contribution in [0.3, 0.4) is 0 Å². The van der Waals surface area contributed by atoms with E-state index in [0.717, 1.165) is 57.8 Å². The van der Waals surface area contributed by atoms with E-state index in [0.29, 0.717) is 17.4 Å². The number of likely N-dealkylation sites (N-methyl/N-ethyl adjacent to an activating group) is 1. The number of hydrogen-bond acceptors (Lipinski definition) is 7. The Labute approximate surface area is 490 Å². The summed E-state index contributed by atoms with van der Waals surface area (Å²) < 4.78 is 34.5. The third-order valence-electron chi connectivity index (χ3n) is 15.1. The van der Waals surface area contributed by atoms with Gasteiger partial charge in [-0.15, -0.1) is 0 Å². The van der Waals surface area contributed by atoms with Crippen molar-refractivity contribution < 1.29 is 42.1 Å². The molecule has 464 valence electrons. The van der Waals surface area contributed by atoms with Crippen LogP contribution in [0.1, 0.15) is 328 Å². The lowest BCUT2D eigenvalue weighted by Crippen LogP contribution is -2.37. The van der Waals surface area contributed by atoms with Crippen LogP contribution in [0.5, 0.6) is 0 Å². The Morgan fingerprint density at radius 2 is 0.722 bits per heavy atom. The van der Waals surface area contributed by atoms with Crippen LogP contribution in [0.4, 0.5) is 0 Å². The molecule has 2 atom stereocenters. The van der Waals surface area contributed by atoms with Gasteiger partial charge in [-0.05, 0) is 51.4 Å². The molecule has 0 rings (SSSR count). The van der Waals surface area contributed by atoms with Gasteiger partial charge < -0.3 is 18.9 Å². The molecule has 0 aromatic carbocycles. The van der Waals surface area contributed by atoms with E-state index in [1.807, 2.05) is 21.1 Å². The lowest BCUT2D eigenvalue weighted by Gasteiger charge is -2.24. The van der Waals surface area contributed by atoms with Crippen molar-refractivity contribution >= 4 is 19.8 Å². The predicted molar refractivity (Wildman–Crippen MR) is 340 cm³/mol. The van der Waals surface area contributed by atoms with Gasteiger partial charge in [-0.25, -0.2) is 4.57 Å². The molecule has 0 aliphatic rings. The monoisotopic (exact) mass is 1130 g/mol. The fourth-order valence-electron chi connectivity index (χ4n) is 9.95. The first-order valence-electron chi connectivity index (χ1n) is 33.9. The minimum Gasteiger partial charge on any atom is -0.462 e. The summed E-state index contributed by atoms with van der Waals surface area (Å²) in [6.07, 6.45) is 78.4. The number of carbonyl (C=O) groups excluding carboxylic acids is 2. The van der Waals surface area contributed by atoms with Crippen molar-refractivity contribution in [2.75, 3.05) is 47.5 Å². The highest BCUT2D eigenvalue weighted by molar-refractivity contribution is 7.47. The summed E-state index contributed by atoms with van der Waals surface area (Å²) in [5.74, 6) is -0.835. The summed E-state index contributed by atoms with van der Waals surface area (Å²) in [7, 11) is 1.46.